The summed E-state index contributed by atoms with van der Waals surface area (Å²) in [6, 6.07) is 15.8. The second kappa shape index (κ2) is 6.82. The number of carbonyl (C=O) groups excluding carboxylic acids is 3. The van der Waals surface area contributed by atoms with Gasteiger partial charge in [-0.25, -0.2) is 4.79 Å². The van der Waals surface area contributed by atoms with Crippen molar-refractivity contribution in [2.75, 3.05) is 6.61 Å². The molecule has 1 saturated heterocycles. The van der Waals surface area contributed by atoms with Gasteiger partial charge in [0.2, 0.25) is 5.41 Å². The van der Waals surface area contributed by atoms with Crippen molar-refractivity contribution in [2.24, 2.45) is 11.3 Å². The maximum absolute atomic E-state index is 13.0. The highest BCUT2D eigenvalue weighted by atomic mass is 16.5. The first-order chi connectivity index (χ1) is 14.5. The monoisotopic (exact) mass is 401 g/mol. The lowest BCUT2D eigenvalue weighted by atomic mass is 9.86. The standard InChI is InChI=1S/C24H19NO5/c26-21-13-24(22(27)25(21)29,12-11-15-9-10-15)23(28)30-14-20-18-7-3-1-5-16(18)17-6-2-4-8-19(17)20/h1-8,15,20,29H,9-10,13-14H2. The van der Waals surface area contributed by atoms with Crippen LogP contribution in [-0.2, 0) is 19.1 Å². The number of esters is 1. The van der Waals surface area contributed by atoms with Crippen molar-refractivity contribution in [1.29, 1.82) is 0 Å². The molecule has 2 aliphatic carbocycles. The Hall–Kier alpha value is -3.43. The zero-order valence-electron chi connectivity index (χ0n) is 16.1. The van der Waals surface area contributed by atoms with E-state index in [1.54, 1.807) is 0 Å². The summed E-state index contributed by atoms with van der Waals surface area (Å²) in [5.41, 5.74) is 2.30. The number of imide groups is 1. The van der Waals surface area contributed by atoms with E-state index in [0.29, 0.717) is 0 Å². The Bertz CT molecular complexity index is 1090. The van der Waals surface area contributed by atoms with Crippen molar-refractivity contribution in [3.63, 3.8) is 0 Å². The summed E-state index contributed by atoms with van der Waals surface area (Å²) in [5.74, 6) is 2.76. The molecule has 1 atom stereocenters. The molecule has 2 aromatic carbocycles. The van der Waals surface area contributed by atoms with E-state index in [4.69, 9.17) is 4.74 Å². The molecule has 1 unspecified atom stereocenters. The molecule has 6 heteroatoms. The topological polar surface area (TPSA) is 83.9 Å². The third-order valence-corrected chi connectivity index (χ3v) is 5.97. The molecule has 2 aromatic rings. The van der Waals surface area contributed by atoms with Gasteiger partial charge in [0.05, 0.1) is 6.42 Å². The summed E-state index contributed by atoms with van der Waals surface area (Å²) in [6.45, 7) is 0.0205. The fraction of sp³-hybridized carbons (Fsp3) is 0.292. The molecule has 5 rings (SSSR count). The van der Waals surface area contributed by atoms with E-state index in [0.717, 1.165) is 35.1 Å². The van der Waals surface area contributed by atoms with Crippen LogP contribution in [0.1, 0.15) is 36.3 Å². The van der Waals surface area contributed by atoms with Gasteiger partial charge < -0.3 is 4.74 Å². The SMILES string of the molecule is O=C1CC(C#CC2CC2)(C(=O)OCC2c3ccccc3-c3ccccc32)C(=O)N1O. The van der Waals surface area contributed by atoms with Crippen LogP contribution in [-0.4, -0.2) is 34.7 Å². The molecule has 6 nitrogen and oxygen atoms in total. The minimum absolute atomic E-state index is 0.0109. The summed E-state index contributed by atoms with van der Waals surface area (Å²) in [6.07, 6.45) is 1.30. The van der Waals surface area contributed by atoms with E-state index >= 15 is 0 Å². The molecule has 2 fully saturated rings. The maximum Gasteiger partial charge on any atom is 0.334 e. The van der Waals surface area contributed by atoms with E-state index in [1.807, 2.05) is 48.5 Å². The van der Waals surface area contributed by atoms with Crippen LogP contribution in [0.2, 0.25) is 0 Å². The number of fused-ring (bicyclic) bond motifs is 3. The summed E-state index contributed by atoms with van der Waals surface area (Å²) in [4.78, 5) is 37.5. The lowest BCUT2D eigenvalue weighted by Gasteiger charge is -2.20. The molecule has 1 saturated carbocycles. The Kier molecular flexibility index (Phi) is 4.23. The molecule has 1 heterocycles. The lowest BCUT2D eigenvalue weighted by molar-refractivity contribution is -0.175. The molecule has 0 radical (unpaired) electrons. The van der Waals surface area contributed by atoms with Gasteiger partial charge in [0.25, 0.3) is 11.8 Å². The van der Waals surface area contributed by atoms with E-state index in [1.165, 1.54) is 0 Å². The van der Waals surface area contributed by atoms with Crippen molar-refractivity contribution in [2.45, 2.75) is 25.2 Å². The number of ether oxygens (including phenoxy) is 1. The smallest absolute Gasteiger partial charge is 0.334 e. The quantitative estimate of drug-likeness (QED) is 0.281. The highest BCUT2D eigenvalue weighted by molar-refractivity contribution is 6.17. The molecule has 1 N–H and O–H groups in total. The zero-order chi connectivity index (χ0) is 20.9. The van der Waals surface area contributed by atoms with E-state index < -0.39 is 29.6 Å². The Morgan fingerprint density at radius 1 is 1.07 bits per heavy atom. The van der Waals surface area contributed by atoms with Crippen molar-refractivity contribution in [3.05, 3.63) is 59.7 Å². The largest absolute Gasteiger partial charge is 0.463 e. The number of amides is 2. The van der Waals surface area contributed by atoms with Gasteiger partial charge in [-0.15, -0.1) is 0 Å². The summed E-state index contributed by atoms with van der Waals surface area (Å²) >= 11 is 0. The number of nitrogens with zero attached hydrogens (tertiary/aromatic N) is 1. The fourth-order valence-electron chi connectivity index (χ4n) is 4.15. The molecule has 30 heavy (non-hydrogen) atoms. The summed E-state index contributed by atoms with van der Waals surface area (Å²) in [7, 11) is 0. The van der Waals surface area contributed by atoms with Crippen LogP contribution in [0.4, 0.5) is 0 Å². The van der Waals surface area contributed by atoms with Crippen LogP contribution < -0.4 is 0 Å². The van der Waals surface area contributed by atoms with Gasteiger partial charge in [-0.1, -0.05) is 60.4 Å². The molecule has 2 amide bonds. The summed E-state index contributed by atoms with van der Waals surface area (Å²) < 4.78 is 5.59. The molecule has 0 aromatic heterocycles. The van der Waals surface area contributed by atoms with Crippen molar-refractivity contribution >= 4 is 17.8 Å². The van der Waals surface area contributed by atoms with Gasteiger partial charge in [0, 0.05) is 11.8 Å². The van der Waals surface area contributed by atoms with Crippen LogP contribution in [0, 0.1) is 23.2 Å². The van der Waals surface area contributed by atoms with Crippen LogP contribution in [0.25, 0.3) is 11.1 Å². The number of carbonyl (C=O) groups is 3. The molecule has 0 bridgehead atoms. The van der Waals surface area contributed by atoms with Crippen LogP contribution in [0.3, 0.4) is 0 Å². The molecule has 1 aliphatic heterocycles. The molecule has 3 aliphatic rings. The predicted octanol–water partition coefficient (Wildman–Crippen LogP) is 2.89. The van der Waals surface area contributed by atoms with Gasteiger partial charge in [0.1, 0.15) is 6.61 Å². The first kappa shape index (κ1) is 18.6. The minimum atomic E-state index is -1.97. The third kappa shape index (κ3) is 2.82. The third-order valence-electron chi connectivity index (χ3n) is 5.97. The van der Waals surface area contributed by atoms with Crippen molar-refractivity contribution < 1.29 is 24.3 Å². The number of hydrogen-bond donors (Lipinski definition) is 1. The zero-order valence-corrected chi connectivity index (χ0v) is 16.1. The van der Waals surface area contributed by atoms with E-state index in [9.17, 15) is 19.6 Å². The first-order valence-corrected chi connectivity index (χ1v) is 9.95. The minimum Gasteiger partial charge on any atom is -0.463 e. The number of hydroxylamine groups is 2. The summed E-state index contributed by atoms with van der Waals surface area (Å²) in [5, 5.41) is 9.72. The second-order valence-corrected chi connectivity index (χ2v) is 7.96. The molecule has 0 spiro atoms. The molecular weight excluding hydrogens is 382 g/mol. The van der Waals surface area contributed by atoms with Gasteiger partial charge >= 0.3 is 5.97 Å². The van der Waals surface area contributed by atoms with Gasteiger partial charge in [-0.3, -0.25) is 14.8 Å². The maximum atomic E-state index is 13.0. The normalized spacial score (nSPS) is 22.4. The van der Waals surface area contributed by atoms with Crippen LogP contribution in [0.5, 0.6) is 0 Å². The predicted molar refractivity (Wildman–Crippen MR) is 106 cm³/mol. The van der Waals surface area contributed by atoms with Gasteiger partial charge in [0.15, 0.2) is 0 Å². The fourth-order valence-corrected chi connectivity index (χ4v) is 4.15. The van der Waals surface area contributed by atoms with Crippen molar-refractivity contribution in [3.8, 4) is 23.0 Å². The van der Waals surface area contributed by atoms with Crippen LogP contribution in [0.15, 0.2) is 48.5 Å². The van der Waals surface area contributed by atoms with Gasteiger partial charge in [-0.2, -0.15) is 5.06 Å². The van der Waals surface area contributed by atoms with E-state index in [2.05, 4.69) is 11.8 Å². The number of rotatable bonds is 3. The highest BCUT2D eigenvalue weighted by Crippen LogP contribution is 2.45. The first-order valence-electron chi connectivity index (χ1n) is 9.95. The lowest BCUT2D eigenvalue weighted by Crippen LogP contribution is -2.40. The van der Waals surface area contributed by atoms with Gasteiger partial charge in [-0.05, 0) is 35.1 Å². The second-order valence-electron chi connectivity index (χ2n) is 7.96. The average Bonchev–Trinajstić information content (AvgIpc) is 3.51. The van der Waals surface area contributed by atoms with Crippen LogP contribution >= 0.6 is 0 Å². The Morgan fingerprint density at radius 2 is 1.67 bits per heavy atom. The Balaban J connectivity index is 1.43. The van der Waals surface area contributed by atoms with Crippen molar-refractivity contribution in [1.82, 2.24) is 5.06 Å². The highest BCUT2D eigenvalue weighted by Gasteiger charge is 2.58. The Labute approximate surface area is 173 Å². The number of benzene rings is 2. The van der Waals surface area contributed by atoms with E-state index in [-0.39, 0.29) is 23.5 Å². The Morgan fingerprint density at radius 3 is 2.20 bits per heavy atom. The average molecular weight is 401 g/mol. The molecule has 150 valence electrons. The number of hydrogen-bond acceptors (Lipinski definition) is 5. The molecular formula is C24H19NO5.